The summed E-state index contributed by atoms with van der Waals surface area (Å²) in [6, 6.07) is 8.90. The van der Waals surface area contributed by atoms with Gasteiger partial charge in [-0.1, -0.05) is 75.9 Å². The molecule has 2 unspecified atom stereocenters. The van der Waals surface area contributed by atoms with Gasteiger partial charge in [0, 0.05) is 5.66 Å². The second kappa shape index (κ2) is 5.88. The summed E-state index contributed by atoms with van der Waals surface area (Å²) in [7, 11) is -0.0679. The standard InChI is InChI=1S/C18H21P/c1-2-3-14-19(16-9-5-6-10-16)18-13-12-15-8-4-7-11-17(15)18/h4-5,7-13,18H,2-3,6,14H2,1H3. The maximum atomic E-state index is 2.44. The van der Waals surface area contributed by atoms with Crippen molar-refractivity contribution in [1.82, 2.24) is 0 Å². The molecular formula is C18H21P. The summed E-state index contributed by atoms with van der Waals surface area (Å²) in [5.74, 6) is 0. The van der Waals surface area contributed by atoms with Gasteiger partial charge in [0.25, 0.3) is 0 Å². The van der Waals surface area contributed by atoms with E-state index in [-0.39, 0.29) is 7.92 Å². The largest absolute Gasteiger partial charge is 0.0801 e. The molecule has 0 radical (unpaired) electrons. The molecule has 2 aliphatic rings. The smallest absolute Gasteiger partial charge is 0.0270 e. The second-order valence-corrected chi connectivity index (χ2v) is 7.71. The Morgan fingerprint density at radius 1 is 1.21 bits per heavy atom. The molecule has 0 saturated carbocycles. The zero-order valence-electron chi connectivity index (χ0n) is 11.5. The number of rotatable bonds is 5. The highest BCUT2D eigenvalue weighted by Crippen LogP contribution is 2.62. The first-order chi connectivity index (χ1) is 9.40. The predicted octanol–water partition coefficient (Wildman–Crippen LogP) is 5.88. The normalized spacial score (nSPS) is 21.5. The highest BCUT2D eigenvalue weighted by atomic mass is 31.1. The third-order valence-corrected chi connectivity index (χ3v) is 6.86. The van der Waals surface area contributed by atoms with Crippen LogP contribution in [0.3, 0.4) is 0 Å². The minimum Gasteiger partial charge on any atom is -0.0801 e. The van der Waals surface area contributed by atoms with Crippen molar-refractivity contribution in [2.45, 2.75) is 31.8 Å². The van der Waals surface area contributed by atoms with Crippen molar-refractivity contribution in [3.8, 4) is 0 Å². The zero-order valence-corrected chi connectivity index (χ0v) is 12.4. The van der Waals surface area contributed by atoms with E-state index in [1.165, 1.54) is 24.6 Å². The topological polar surface area (TPSA) is 0 Å². The molecule has 0 bridgehead atoms. The number of hydrogen-bond acceptors (Lipinski definition) is 0. The van der Waals surface area contributed by atoms with E-state index in [0.717, 1.165) is 6.42 Å². The summed E-state index contributed by atoms with van der Waals surface area (Å²) in [6.07, 6.45) is 17.0. The van der Waals surface area contributed by atoms with E-state index in [0.29, 0.717) is 5.66 Å². The molecule has 0 heterocycles. The van der Waals surface area contributed by atoms with Crippen molar-refractivity contribution < 1.29 is 0 Å². The minimum absolute atomic E-state index is 0.0679. The molecule has 0 nitrogen and oxygen atoms in total. The third kappa shape index (κ3) is 2.60. The average Bonchev–Trinajstić information content (AvgIpc) is 3.09. The monoisotopic (exact) mass is 268 g/mol. The number of benzene rings is 1. The van der Waals surface area contributed by atoms with Crippen LogP contribution >= 0.6 is 7.92 Å². The van der Waals surface area contributed by atoms with Gasteiger partial charge < -0.3 is 0 Å². The van der Waals surface area contributed by atoms with Crippen LogP contribution in [0.25, 0.3) is 6.08 Å². The van der Waals surface area contributed by atoms with Crippen LogP contribution in [-0.2, 0) is 0 Å². The van der Waals surface area contributed by atoms with Gasteiger partial charge in [0.05, 0.1) is 0 Å². The first-order valence-electron chi connectivity index (χ1n) is 7.30. The van der Waals surface area contributed by atoms with Crippen LogP contribution in [0.15, 0.2) is 53.9 Å². The van der Waals surface area contributed by atoms with E-state index in [9.17, 15) is 0 Å². The maximum Gasteiger partial charge on any atom is 0.0270 e. The van der Waals surface area contributed by atoms with Crippen LogP contribution < -0.4 is 0 Å². The van der Waals surface area contributed by atoms with Gasteiger partial charge in [-0.2, -0.15) is 0 Å². The van der Waals surface area contributed by atoms with Crippen molar-refractivity contribution in [1.29, 1.82) is 0 Å². The fourth-order valence-electron chi connectivity index (χ4n) is 2.92. The molecular weight excluding hydrogens is 247 g/mol. The van der Waals surface area contributed by atoms with Gasteiger partial charge in [0.2, 0.25) is 0 Å². The number of unbranched alkanes of at least 4 members (excludes halogenated alkanes) is 1. The van der Waals surface area contributed by atoms with Gasteiger partial charge in [-0.05, 0) is 35.4 Å². The lowest BCUT2D eigenvalue weighted by molar-refractivity contribution is 0.888. The second-order valence-electron chi connectivity index (χ2n) is 5.25. The van der Waals surface area contributed by atoms with E-state index in [1.807, 2.05) is 0 Å². The predicted molar refractivity (Wildman–Crippen MR) is 86.8 cm³/mol. The molecule has 2 aliphatic carbocycles. The minimum atomic E-state index is -0.0679. The van der Waals surface area contributed by atoms with Gasteiger partial charge in [0.1, 0.15) is 0 Å². The molecule has 0 fully saturated rings. The van der Waals surface area contributed by atoms with Gasteiger partial charge in [0.15, 0.2) is 0 Å². The Morgan fingerprint density at radius 2 is 2.11 bits per heavy atom. The number of allylic oxidation sites excluding steroid dienone is 5. The quantitative estimate of drug-likeness (QED) is 0.585. The molecule has 98 valence electrons. The molecule has 0 saturated heterocycles. The molecule has 2 atom stereocenters. The number of hydrogen-bond donors (Lipinski definition) is 0. The highest BCUT2D eigenvalue weighted by Gasteiger charge is 2.27. The van der Waals surface area contributed by atoms with Crippen LogP contribution in [-0.4, -0.2) is 6.16 Å². The summed E-state index contributed by atoms with van der Waals surface area (Å²) in [5, 5.41) is 1.62. The van der Waals surface area contributed by atoms with E-state index < -0.39 is 0 Å². The molecule has 0 aliphatic heterocycles. The van der Waals surface area contributed by atoms with Crippen molar-refractivity contribution in [2.24, 2.45) is 0 Å². The molecule has 3 rings (SSSR count). The summed E-state index contributed by atoms with van der Waals surface area (Å²) < 4.78 is 0. The average molecular weight is 268 g/mol. The summed E-state index contributed by atoms with van der Waals surface area (Å²) >= 11 is 0. The molecule has 0 aromatic heterocycles. The van der Waals surface area contributed by atoms with Gasteiger partial charge >= 0.3 is 0 Å². The van der Waals surface area contributed by atoms with Crippen molar-refractivity contribution in [2.75, 3.05) is 6.16 Å². The van der Waals surface area contributed by atoms with E-state index in [1.54, 1.807) is 10.9 Å². The third-order valence-electron chi connectivity index (χ3n) is 3.94. The van der Waals surface area contributed by atoms with Gasteiger partial charge in [-0.15, -0.1) is 0 Å². The van der Waals surface area contributed by atoms with Crippen LogP contribution in [0.4, 0.5) is 0 Å². The maximum absolute atomic E-state index is 2.44. The van der Waals surface area contributed by atoms with E-state index in [2.05, 4.69) is 61.6 Å². The summed E-state index contributed by atoms with van der Waals surface area (Å²) in [5.41, 5.74) is 3.62. The zero-order chi connectivity index (χ0) is 13.1. The Balaban J connectivity index is 1.88. The molecule has 1 aromatic rings. The molecule has 1 heteroatoms. The molecule has 0 amide bonds. The van der Waals surface area contributed by atoms with Crippen LogP contribution in [0.2, 0.25) is 0 Å². The number of fused-ring (bicyclic) bond motifs is 1. The fourth-order valence-corrected chi connectivity index (χ4v) is 5.93. The Bertz CT molecular complexity index is 536. The SMILES string of the molecule is CCCCP(C1=CCC=C1)C1C=Cc2ccccc21. The van der Waals surface area contributed by atoms with Crippen molar-refractivity contribution in [3.63, 3.8) is 0 Å². The van der Waals surface area contributed by atoms with Gasteiger partial charge in [-0.25, -0.2) is 0 Å². The van der Waals surface area contributed by atoms with Crippen molar-refractivity contribution >= 4 is 14.0 Å². The van der Waals surface area contributed by atoms with E-state index >= 15 is 0 Å². The van der Waals surface area contributed by atoms with Crippen LogP contribution in [0.1, 0.15) is 43.0 Å². The Kier molecular flexibility index (Phi) is 3.99. The summed E-state index contributed by atoms with van der Waals surface area (Å²) in [4.78, 5) is 0. The molecule has 0 spiro atoms. The van der Waals surface area contributed by atoms with Gasteiger partial charge in [-0.3, -0.25) is 0 Å². The Labute approximate surface area is 117 Å². The first-order valence-corrected chi connectivity index (χ1v) is 8.90. The highest BCUT2D eigenvalue weighted by molar-refractivity contribution is 7.63. The van der Waals surface area contributed by atoms with Crippen LogP contribution in [0.5, 0.6) is 0 Å². The lowest BCUT2D eigenvalue weighted by Crippen LogP contribution is -1.97. The first kappa shape index (κ1) is 12.9. The molecule has 0 N–H and O–H groups in total. The lowest BCUT2D eigenvalue weighted by Gasteiger charge is -2.25. The fraction of sp³-hybridized carbons (Fsp3) is 0.333. The van der Waals surface area contributed by atoms with E-state index in [4.69, 9.17) is 0 Å². The Morgan fingerprint density at radius 3 is 2.89 bits per heavy atom. The van der Waals surface area contributed by atoms with Crippen molar-refractivity contribution in [3.05, 3.63) is 65.0 Å². The summed E-state index contributed by atoms with van der Waals surface area (Å²) in [6.45, 7) is 2.30. The lowest BCUT2D eigenvalue weighted by atomic mass is 10.1. The molecule has 1 aromatic carbocycles. The molecule has 19 heavy (non-hydrogen) atoms. The Hall–Kier alpha value is -1.13. The van der Waals surface area contributed by atoms with Crippen LogP contribution in [0, 0.1) is 0 Å².